The van der Waals surface area contributed by atoms with E-state index in [1.807, 2.05) is 13.8 Å². The van der Waals surface area contributed by atoms with Crippen molar-refractivity contribution < 1.29 is 13.2 Å². The summed E-state index contributed by atoms with van der Waals surface area (Å²) in [6, 6.07) is 2.87. The third-order valence-electron chi connectivity index (χ3n) is 6.60. The van der Waals surface area contributed by atoms with E-state index in [1.54, 1.807) is 11.2 Å². The third-order valence-corrected chi connectivity index (χ3v) is 6.60. The van der Waals surface area contributed by atoms with E-state index in [2.05, 4.69) is 14.9 Å². The molecule has 6 nitrogen and oxygen atoms in total. The molecular formula is C22H27F3N6. The van der Waals surface area contributed by atoms with E-state index in [1.165, 1.54) is 18.9 Å². The Morgan fingerprint density at radius 1 is 1.13 bits per heavy atom. The third kappa shape index (κ3) is 3.62. The minimum absolute atomic E-state index is 0.0142. The Balaban J connectivity index is 1.65. The van der Waals surface area contributed by atoms with Crippen LogP contribution in [0.1, 0.15) is 44.2 Å². The van der Waals surface area contributed by atoms with Crippen LogP contribution < -0.4 is 5.01 Å². The molecule has 0 aliphatic carbocycles. The van der Waals surface area contributed by atoms with Crippen LogP contribution in [-0.4, -0.2) is 65.9 Å². The fraction of sp³-hybridized carbons (Fsp3) is 0.591. The van der Waals surface area contributed by atoms with Crippen molar-refractivity contribution in [2.24, 2.45) is 15.1 Å². The lowest BCUT2D eigenvalue weighted by Crippen LogP contribution is -2.56. The molecule has 0 N–H and O–H groups in total. The van der Waals surface area contributed by atoms with Gasteiger partial charge in [-0.15, -0.1) is 0 Å². The van der Waals surface area contributed by atoms with E-state index in [-0.39, 0.29) is 6.04 Å². The lowest BCUT2D eigenvalue weighted by atomic mass is 10.0. The summed E-state index contributed by atoms with van der Waals surface area (Å²) >= 11 is 0. The number of benzene rings is 1. The van der Waals surface area contributed by atoms with Crippen LogP contribution in [0.15, 0.2) is 27.2 Å². The molecule has 4 aliphatic rings. The average Bonchev–Trinajstić information content (AvgIpc) is 3.11. The highest BCUT2D eigenvalue weighted by Crippen LogP contribution is 2.43. The Kier molecular flexibility index (Phi) is 5.03. The van der Waals surface area contributed by atoms with Gasteiger partial charge in [0, 0.05) is 38.3 Å². The highest BCUT2D eigenvalue weighted by Gasteiger charge is 2.39. The molecule has 1 aromatic rings. The Labute approximate surface area is 180 Å². The lowest BCUT2D eigenvalue weighted by molar-refractivity contribution is -0.137. The zero-order chi connectivity index (χ0) is 21.8. The Morgan fingerprint density at radius 3 is 2.74 bits per heavy atom. The Hall–Kier alpha value is -2.42. The maximum atomic E-state index is 13.6. The fourth-order valence-corrected chi connectivity index (χ4v) is 4.93. The molecule has 1 aromatic carbocycles. The van der Waals surface area contributed by atoms with Crippen LogP contribution in [0, 0.1) is 0 Å². The SMILES string of the molecule is CCc1cc(C(F)(F)F)cc2c1N=C(N1CCN3CCCC3C1)C1=NC(C)CC=NN12. The van der Waals surface area contributed by atoms with Crippen molar-refractivity contribution in [1.82, 2.24) is 9.80 Å². The number of hydrazone groups is 1. The molecule has 2 saturated heterocycles. The minimum Gasteiger partial charge on any atom is -0.351 e. The number of alkyl halides is 3. The molecule has 0 aromatic heterocycles. The zero-order valence-corrected chi connectivity index (χ0v) is 17.9. The molecule has 31 heavy (non-hydrogen) atoms. The van der Waals surface area contributed by atoms with Crippen molar-refractivity contribution >= 4 is 29.3 Å². The van der Waals surface area contributed by atoms with Gasteiger partial charge in [-0.05, 0) is 50.4 Å². The summed E-state index contributed by atoms with van der Waals surface area (Å²) in [5, 5.41) is 6.12. The predicted octanol–water partition coefficient (Wildman–Crippen LogP) is 4.07. The summed E-state index contributed by atoms with van der Waals surface area (Å²) < 4.78 is 40.8. The van der Waals surface area contributed by atoms with Gasteiger partial charge in [0.1, 0.15) is 0 Å². The van der Waals surface area contributed by atoms with Crippen molar-refractivity contribution in [1.29, 1.82) is 0 Å². The summed E-state index contributed by atoms with van der Waals surface area (Å²) in [5.41, 5.74) is 0.838. The van der Waals surface area contributed by atoms with E-state index >= 15 is 0 Å². The Bertz CT molecular complexity index is 967. The molecule has 0 amide bonds. The molecule has 9 heteroatoms. The number of nitrogens with zero attached hydrogens (tertiary/aromatic N) is 6. The number of hydrogen-bond donors (Lipinski definition) is 0. The summed E-state index contributed by atoms with van der Waals surface area (Å²) in [4.78, 5) is 14.6. The molecule has 5 rings (SSSR count). The second kappa shape index (κ2) is 7.62. The standard InChI is InChI=1S/C22H27F3N6/c1-3-15-11-16(22(23,24)25)12-18-19(15)28-20(21-27-14(2)6-7-26-31(18)21)30-10-9-29-8-4-5-17(29)13-30/h7,11-12,14,17H,3-6,8-10,13H2,1-2H3. The first-order chi connectivity index (χ1) is 14.8. The number of amidine groups is 2. The molecule has 0 saturated carbocycles. The van der Waals surface area contributed by atoms with Gasteiger partial charge < -0.3 is 4.90 Å². The molecule has 4 heterocycles. The molecule has 166 valence electrons. The number of piperazine rings is 1. The number of hydrogen-bond acceptors (Lipinski definition) is 6. The van der Waals surface area contributed by atoms with Crippen LogP contribution in [0.25, 0.3) is 0 Å². The van der Waals surface area contributed by atoms with Crippen LogP contribution in [0.2, 0.25) is 0 Å². The first kappa shape index (κ1) is 20.5. The van der Waals surface area contributed by atoms with E-state index in [9.17, 15) is 13.2 Å². The van der Waals surface area contributed by atoms with Crippen LogP contribution in [0.4, 0.5) is 24.5 Å². The number of aryl methyl sites for hydroxylation is 1. The molecule has 0 radical (unpaired) electrons. The van der Waals surface area contributed by atoms with Crippen molar-refractivity contribution in [2.75, 3.05) is 31.2 Å². The van der Waals surface area contributed by atoms with E-state index in [0.717, 1.165) is 38.1 Å². The minimum atomic E-state index is -4.43. The summed E-state index contributed by atoms with van der Waals surface area (Å²) in [7, 11) is 0. The smallest absolute Gasteiger partial charge is 0.351 e. The summed E-state index contributed by atoms with van der Waals surface area (Å²) in [6.45, 7) is 7.66. The van der Waals surface area contributed by atoms with Crippen molar-refractivity contribution in [3.05, 3.63) is 23.3 Å². The monoisotopic (exact) mass is 432 g/mol. The quantitative estimate of drug-likeness (QED) is 0.672. The van der Waals surface area contributed by atoms with Gasteiger partial charge in [0.05, 0.1) is 23.0 Å². The highest BCUT2D eigenvalue weighted by atomic mass is 19.4. The van der Waals surface area contributed by atoms with Gasteiger partial charge in [0.15, 0.2) is 11.7 Å². The number of anilines is 1. The van der Waals surface area contributed by atoms with Gasteiger partial charge in [-0.2, -0.15) is 18.3 Å². The number of halogens is 3. The van der Waals surface area contributed by atoms with Gasteiger partial charge >= 0.3 is 6.18 Å². The second-order valence-corrected chi connectivity index (χ2v) is 8.72. The Morgan fingerprint density at radius 2 is 1.97 bits per heavy atom. The normalized spacial score (nSPS) is 26.1. The number of rotatable bonds is 1. The van der Waals surface area contributed by atoms with Gasteiger partial charge in [0.25, 0.3) is 0 Å². The first-order valence-electron chi connectivity index (χ1n) is 11.1. The molecule has 2 atom stereocenters. The largest absolute Gasteiger partial charge is 0.416 e. The van der Waals surface area contributed by atoms with E-state index in [4.69, 9.17) is 9.98 Å². The summed E-state index contributed by atoms with van der Waals surface area (Å²) in [5.74, 6) is 1.29. The maximum Gasteiger partial charge on any atom is 0.416 e. The maximum absolute atomic E-state index is 13.6. The van der Waals surface area contributed by atoms with Gasteiger partial charge in [-0.25, -0.2) is 10.0 Å². The van der Waals surface area contributed by atoms with Crippen LogP contribution in [-0.2, 0) is 12.6 Å². The second-order valence-electron chi connectivity index (χ2n) is 8.72. The van der Waals surface area contributed by atoms with Crippen molar-refractivity contribution in [3.63, 3.8) is 0 Å². The highest BCUT2D eigenvalue weighted by molar-refractivity contribution is 6.47. The van der Waals surface area contributed by atoms with Crippen LogP contribution in [0.5, 0.6) is 0 Å². The molecule has 0 bridgehead atoms. The van der Waals surface area contributed by atoms with Gasteiger partial charge in [-0.3, -0.25) is 9.89 Å². The first-order valence-corrected chi connectivity index (χ1v) is 11.1. The topological polar surface area (TPSA) is 46.8 Å². The fourth-order valence-electron chi connectivity index (χ4n) is 4.93. The number of fused-ring (bicyclic) bond motifs is 4. The zero-order valence-electron chi connectivity index (χ0n) is 17.9. The molecule has 2 fully saturated rings. The summed E-state index contributed by atoms with van der Waals surface area (Å²) in [6.07, 6.45) is 0.789. The molecule has 4 aliphatic heterocycles. The average molecular weight is 432 g/mol. The number of aliphatic imine (C=N–C) groups is 2. The van der Waals surface area contributed by atoms with Crippen LogP contribution in [0.3, 0.4) is 0 Å². The van der Waals surface area contributed by atoms with Crippen molar-refractivity contribution in [3.8, 4) is 0 Å². The van der Waals surface area contributed by atoms with E-state index in [0.29, 0.717) is 41.7 Å². The van der Waals surface area contributed by atoms with Gasteiger partial charge in [0.2, 0.25) is 0 Å². The van der Waals surface area contributed by atoms with E-state index < -0.39 is 11.7 Å². The van der Waals surface area contributed by atoms with Crippen LogP contribution >= 0.6 is 0 Å². The molecular weight excluding hydrogens is 405 g/mol. The molecule has 2 unspecified atom stereocenters. The lowest BCUT2D eigenvalue weighted by Gasteiger charge is -2.41. The van der Waals surface area contributed by atoms with Gasteiger partial charge in [-0.1, -0.05) is 6.92 Å². The molecule has 0 spiro atoms. The van der Waals surface area contributed by atoms with Crippen molar-refractivity contribution in [2.45, 2.75) is 57.8 Å². The predicted molar refractivity (Wildman–Crippen MR) is 117 cm³/mol.